The smallest absolute Gasteiger partial charge is 0.223 e. The van der Waals surface area contributed by atoms with Gasteiger partial charge in [-0.1, -0.05) is 54.6 Å². The number of fused-ring (bicyclic) bond motifs is 1. The van der Waals surface area contributed by atoms with E-state index in [9.17, 15) is 9.59 Å². The Bertz CT molecular complexity index is 778. The molecule has 0 bridgehead atoms. The molecule has 4 rings (SSSR count). The van der Waals surface area contributed by atoms with E-state index in [2.05, 4.69) is 29.6 Å². The lowest BCUT2D eigenvalue weighted by atomic mass is 10.1. The predicted molar refractivity (Wildman–Crippen MR) is 100 cm³/mol. The number of carbonyl (C=O) groups excluding carboxylic acids is 2. The van der Waals surface area contributed by atoms with E-state index in [1.165, 1.54) is 16.7 Å². The summed E-state index contributed by atoms with van der Waals surface area (Å²) >= 11 is 0. The van der Waals surface area contributed by atoms with Gasteiger partial charge in [0.15, 0.2) is 0 Å². The van der Waals surface area contributed by atoms with Crippen molar-refractivity contribution in [2.75, 3.05) is 6.54 Å². The summed E-state index contributed by atoms with van der Waals surface area (Å²) in [5, 5.41) is 3.00. The molecule has 1 aliphatic carbocycles. The maximum Gasteiger partial charge on any atom is 0.223 e. The summed E-state index contributed by atoms with van der Waals surface area (Å²) < 4.78 is 0. The van der Waals surface area contributed by atoms with Crippen LogP contribution in [0.2, 0.25) is 0 Å². The van der Waals surface area contributed by atoms with E-state index in [0.29, 0.717) is 38.4 Å². The Balaban J connectivity index is 1.16. The lowest BCUT2D eigenvalue weighted by Gasteiger charge is -2.15. The van der Waals surface area contributed by atoms with Gasteiger partial charge in [0.2, 0.25) is 11.8 Å². The molecule has 1 heterocycles. The molecule has 1 fully saturated rings. The van der Waals surface area contributed by atoms with Gasteiger partial charge in [-0.3, -0.25) is 9.59 Å². The van der Waals surface area contributed by atoms with Gasteiger partial charge in [-0.25, -0.2) is 0 Å². The van der Waals surface area contributed by atoms with Crippen LogP contribution in [0.15, 0.2) is 54.6 Å². The fourth-order valence-corrected chi connectivity index (χ4v) is 3.80. The molecule has 2 aliphatic rings. The highest BCUT2D eigenvalue weighted by atomic mass is 16.2. The normalized spacial score (nSPS) is 20.5. The van der Waals surface area contributed by atoms with Crippen LogP contribution in [-0.4, -0.2) is 23.3 Å². The molecule has 2 aromatic rings. The topological polar surface area (TPSA) is 49.4 Å². The molecule has 0 spiro atoms. The van der Waals surface area contributed by atoms with Crippen LogP contribution in [0.1, 0.15) is 41.9 Å². The van der Waals surface area contributed by atoms with Crippen LogP contribution in [0.4, 0.5) is 0 Å². The van der Waals surface area contributed by atoms with Crippen LogP contribution in [0.25, 0.3) is 0 Å². The zero-order chi connectivity index (χ0) is 17.9. The van der Waals surface area contributed by atoms with Gasteiger partial charge >= 0.3 is 0 Å². The third-order valence-corrected chi connectivity index (χ3v) is 5.42. The van der Waals surface area contributed by atoms with Gasteiger partial charge in [0.1, 0.15) is 0 Å². The van der Waals surface area contributed by atoms with Crippen LogP contribution in [-0.2, 0) is 22.7 Å². The Morgan fingerprint density at radius 1 is 0.962 bits per heavy atom. The zero-order valence-electron chi connectivity index (χ0n) is 14.9. The average molecular weight is 348 g/mol. The molecule has 2 amide bonds. The first-order chi connectivity index (χ1) is 12.7. The minimum atomic E-state index is 0.0983. The molecule has 0 radical (unpaired) electrons. The number of rotatable bonds is 6. The third kappa shape index (κ3) is 3.64. The fraction of sp³-hybridized carbons (Fsp3) is 0.364. The molecule has 0 saturated heterocycles. The predicted octanol–water partition coefficient (Wildman–Crippen LogP) is 3.23. The average Bonchev–Trinajstić information content (AvgIpc) is 3.36. The highest BCUT2D eigenvalue weighted by Gasteiger charge is 2.43. The first-order valence-corrected chi connectivity index (χ1v) is 9.39. The number of carbonyl (C=O) groups is 2. The highest BCUT2D eigenvalue weighted by Crippen LogP contribution is 2.47. The Morgan fingerprint density at radius 3 is 2.31 bits per heavy atom. The van der Waals surface area contributed by atoms with Gasteiger partial charge in [-0.15, -0.1) is 0 Å². The Morgan fingerprint density at radius 2 is 1.62 bits per heavy atom. The molecule has 134 valence electrons. The van der Waals surface area contributed by atoms with Gasteiger partial charge < -0.3 is 10.2 Å². The minimum Gasteiger partial charge on any atom is -0.356 e. The van der Waals surface area contributed by atoms with Crippen LogP contribution in [0.5, 0.6) is 0 Å². The summed E-state index contributed by atoms with van der Waals surface area (Å²) in [5.74, 6) is 0.756. The maximum atomic E-state index is 12.4. The monoisotopic (exact) mass is 348 g/mol. The molecular formula is C22H24N2O2. The van der Waals surface area contributed by atoms with Gasteiger partial charge in [0, 0.05) is 32.0 Å². The van der Waals surface area contributed by atoms with Crippen molar-refractivity contribution in [2.24, 2.45) is 5.92 Å². The molecule has 2 aromatic carbocycles. The quantitative estimate of drug-likeness (QED) is 0.815. The Kier molecular flexibility index (Phi) is 4.74. The number of amides is 2. The molecule has 4 nitrogen and oxygen atoms in total. The third-order valence-electron chi connectivity index (χ3n) is 5.42. The molecule has 1 aliphatic heterocycles. The Hall–Kier alpha value is -2.62. The van der Waals surface area contributed by atoms with E-state index in [-0.39, 0.29) is 17.7 Å². The summed E-state index contributed by atoms with van der Waals surface area (Å²) in [6.45, 7) is 1.99. The molecule has 0 aromatic heterocycles. The molecule has 26 heavy (non-hydrogen) atoms. The number of hydrogen-bond donors (Lipinski definition) is 1. The molecule has 4 heteroatoms. The number of nitrogens with zero attached hydrogens (tertiary/aromatic N) is 1. The second kappa shape index (κ2) is 7.32. The standard InChI is InChI=1S/C22H24N2O2/c25-21(24-14-17-9-4-5-10-18(17)15-24)11-6-12-23-22(26)20-13-19(20)16-7-2-1-3-8-16/h1-5,7-10,19-20H,6,11-15H2,(H,23,26)/t19-,20-/m0/s1. The van der Waals surface area contributed by atoms with Crippen LogP contribution < -0.4 is 5.32 Å². The summed E-state index contributed by atoms with van der Waals surface area (Å²) in [6.07, 6.45) is 2.11. The first kappa shape index (κ1) is 16.8. The van der Waals surface area contributed by atoms with E-state index in [1.54, 1.807) is 0 Å². The van der Waals surface area contributed by atoms with E-state index in [1.807, 2.05) is 35.2 Å². The summed E-state index contributed by atoms with van der Waals surface area (Å²) in [6, 6.07) is 18.4. The second-order valence-corrected chi connectivity index (χ2v) is 7.27. The summed E-state index contributed by atoms with van der Waals surface area (Å²) in [7, 11) is 0. The molecule has 0 unspecified atom stereocenters. The van der Waals surface area contributed by atoms with Gasteiger partial charge in [-0.2, -0.15) is 0 Å². The first-order valence-electron chi connectivity index (χ1n) is 9.39. The van der Waals surface area contributed by atoms with E-state index < -0.39 is 0 Å². The summed E-state index contributed by atoms with van der Waals surface area (Å²) in [4.78, 5) is 26.5. The van der Waals surface area contributed by atoms with Crippen molar-refractivity contribution in [3.63, 3.8) is 0 Å². The number of nitrogens with one attached hydrogen (secondary N) is 1. The maximum absolute atomic E-state index is 12.4. The van der Waals surface area contributed by atoms with Gasteiger partial charge in [0.25, 0.3) is 0 Å². The van der Waals surface area contributed by atoms with Crippen molar-refractivity contribution >= 4 is 11.8 Å². The van der Waals surface area contributed by atoms with Crippen molar-refractivity contribution < 1.29 is 9.59 Å². The highest BCUT2D eigenvalue weighted by molar-refractivity contribution is 5.83. The van der Waals surface area contributed by atoms with E-state index in [4.69, 9.17) is 0 Å². The minimum absolute atomic E-state index is 0.0983. The van der Waals surface area contributed by atoms with Crippen molar-refractivity contribution in [3.05, 3.63) is 71.3 Å². The lowest BCUT2D eigenvalue weighted by molar-refractivity contribution is -0.132. The van der Waals surface area contributed by atoms with E-state index in [0.717, 1.165) is 6.42 Å². The second-order valence-electron chi connectivity index (χ2n) is 7.27. The van der Waals surface area contributed by atoms with Crippen molar-refractivity contribution in [1.82, 2.24) is 10.2 Å². The van der Waals surface area contributed by atoms with E-state index >= 15 is 0 Å². The number of benzene rings is 2. The molecule has 1 saturated carbocycles. The zero-order valence-corrected chi connectivity index (χ0v) is 14.9. The molecular weight excluding hydrogens is 324 g/mol. The van der Waals surface area contributed by atoms with Crippen LogP contribution >= 0.6 is 0 Å². The van der Waals surface area contributed by atoms with Crippen molar-refractivity contribution in [1.29, 1.82) is 0 Å². The molecule has 1 N–H and O–H groups in total. The lowest BCUT2D eigenvalue weighted by Crippen LogP contribution is -2.29. The molecule has 2 atom stereocenters. The number of hydrogen-bond acceptors (Lipinski definition) is 2. The summed E-state index contributed by atoms with van der Waals surface area (Å²) in [5.41, 5.74) is 3.74. The fourth-order valence-electron chi connectivity index (χ4n) is 3.80. The van der Waals surface area contributed by atoms with Crippen molar-refractivity contribution in [2.45, 2.75) is 38.3 Å². The van der Waals surface area contributed by atoms with Gasteiger partial charge in [-0.05, 0) is 35.4 Å². The van der Waals surface area contributed by atoms with Crippen LogP contribution in [0, 0.1) is 5.92 Å². The largest absolute Gasteiger partial charge is 0.356 e. The SMILES string of the molecule is O=C(NCCCC(=O)N1Cc2ccccc2C1)[C@H]1C[C@H]1c1ccccc1. The van der Waals surface area contributed by atoms with Gasteiger partial charge in [0.05, 0.1) is 0 Å². The Labute approximate surface area is 154 Å². The van der Waals surface area contributed by atoms with Crippen LogP contribution in [0.3, 0.4) is 0 Å². The van der Waals surface area contributed by atoms with Crippen molar-refractivity contribution in [3.8, 4) is 0 Å².